The number of piperidine rings is 1. The zero-order chi connectivity index (χ0) is 13.3. The van der Waals surface area contributed by atoms with E-state index in [0.29, 0.717) is 0 Å². The fourth-order valence-corrected chi connectivity index (χ4v) is 3.18. The highest BCUT2D eigenvalue weighted by atomic mass is 32.1. The molecule has 0 aromatic carbocycles. The molecule has 1 aromatic heterocycles. The number of anilines is 1. The summed E-state index contributed by atoms with van der Waals surface area (Å²) in [5, 5.41) is 9.81. The van der Waals surface area contributed by atoms with Crippen molar-refractivity contribution in [3.8, 4) is 0 Å². The predicted octanol–water partition coefficient (Wildman–Crippen LogP) is 2.16. The molecule has 18 heavy (non-hydrogen) atoms. The Balaban J connectivity index is 2.21. The van der Waals surface area contributed by atoms with Crippen LogP contribution >= 0.6 is 11.3 Å². The summed E-state index contributed by atoms with van der Waals surface area (Å²) < 4.78 is 5.53. The molecule has 1 aromatic rings. The smallest absolute Gasteiger partial charge is 0.355 e. The summed E-state index contributed by atoms with van der Waals surface area (Å²) in [6, 6.07) is 0. The number of aromatic nitrogens is 1. The molecule has 0 amide bonds. The number of carboxylic acids is 1. The molecule has 1 saturated heterocycles. The summed E-state index contributed by atoms with van der Waals surface area (Å²) in [6.07, 6.45) is 2.06. The zero-order valence-corrected chi connectivity index (χ0v) is 11.7. The largest absolute Gasteiger partial charge is 0.476 e. The van der Waals surface area contributed by atoms with Crippen LogP contribution in [0.15, 0.2) is 0 Å². The second kappa shape index (κ2) is 4.85. The minimum atomic E-state index is -0.957. The zero-order valence-electron chi connectivity index (χ0n) is 10.9. The van der Waals surface area contributed by atoms with Crippen molar-refractivity contribution in [2.75, 3.05) is 25.1 Å². The SMILES string of the molecule is COC1(C)CCCN(c2nc(C(=O)O)c(C)s2)C1. The van der Waals surface area contributed by atoms with Gasteiger partial charge in [0.25, 0.3) is 0 Å². The Morgan fingerprint density at radius 1 is 1.61 bits per heavy atom. The topological polar surface area (TPSA) is 62.7 Å². The van der Waals surface area contributed by atoms with Crippen LogP contribution in [0.1, 0.15) is 35.1 Å². The van der Waals surface area contributed by atoms with Gasteiger partial charge in [0.15, 0.2) is 10.8 Å². The fraction of sp³-hybridized carbons (Fsp3) is 0.667. The lowest BCUT2D eigenvalue weighted by Gasteiger charge is -2.39. The summed E-state index contributed by atoms with van der Waals surface area (Å²) in [7, 11) is 1.72. The first-order chi connectivity index (χ1) is 8.45. The average Bonchev–Trinajstić information content (AvgIpc) is 2.72. The van der Waals surface area contributed by atoms with E-state index in [-0.39, 0.29) is 11.3 Å². The van der Waals surface area contributed by atoms with E-state index < -0.39 is 5.97 Å². The first kappa shape index (κ1) is 13.3. The Morgan fingerprint density at radius 3 is 2.89 bits per heavy atom. The van der Waals surface area contributed by atoms with Crippen LogP contribution in [0.2, 0.25) is 0 Å². The maximum Gasteiger partial charge on any atom is 0.355 e. The van der Waals surface area contributed by atoms with Crippen LogP contribution in [0, 0.1) is 6.92 Å². The lowest BCUT2D eigenvalue weighted by molar-refractivity contribution is -0.00466. The molecule has 6 heteroatoms. The van der Waals surface area contributed by atoms with Gasteiger partial charge in [-0.05, 0) is 26.7 Å². The Labute approximate surface area is 110 Å². The van der Waals surface area contributed by atoms with Gasteiger partial charge in [-0.25, -0.2) is 9.78 Å². The predicted molar refractivity (Wildman–Crippen MR) is 70.7 cm³/mol. The summed E-state index contributed by atoms with van der Waals surface area (Å²) in [5.74, 6) is -0.957. The first-order valence-electron chi connectivity index (χ1n) is 5.96. The lowest BCUT2D eigenvalue weighted by Crippen LogP contribution is -2.47. The number of rotatable bonds is 3. The van der Waals surface area contributed by atoms with Gasteiger partial charge < -0.3 is 14.7 Å². The van der Waals surface area contributed by atoms with Crippen molar-refractivity contribution in [2.45, 2.75) is 32.3 Å². The molecule has 100 valence electrons. The van der Waals surface area contributed by atoms with Crippen LogP contribution < -0.4 is 4.90 Å². The van der Waals surface area contributed by atoms with E-state index in [2.05, 4.69) is 16.8 Å². The molecule has 2 rings (SSSR count). The standard InChI is InChI=1S/C12H18N2O3S/c1-8-9(10(15)16)13-11(18-8)14-6-4-5-12(2,7-14)17-3/h4-7H2,1-3H3,(H,15,16). The van der Waals surface area contributed by atoms with Crippen LogP contribution in [-0.2, 0) is 4.74 Å². The number of hydrogen-bond donors (Lipinski definition) is 1. The molecule has 1 aliphatic rings. The number of aryl methyl sites for hydroxylation is 1. The highest BCUT2D eigenvalue weighted by molar-refractivity contribution is 7.15. The van der Waals surface area contributed by atoms with Crippen molar-refractivity contribution in [3.63, 3.8) is 0 Å². The maximum atomic E-state index is 11.0. The maximum absolute atomic E-state index is 11.0. The van der Waals surface area contributed by atoms with Crippen LogP contribution in [0.3, 0.4) is 0 Å². The van der Waals surface area contributed by atoms with Gasteiger partial charge in [0, 0.05) is 25.1 Å². The van der Waals surface area contributed by atoms with Gasteiger partial charge in [0.05, 0.1) is 5.60 Å². The van der Waals surface area contributed by atoms with Crippen molar-refractivity contribution in [1.29, 1.82) is 0 Å². The Bertz CT molecular complexity index is 460. The number of thiazole rings is 1. The van der Waals surface area contributed by atoms with Crippen molar-refractivity contribution in [1.82, 2.24) is 4.98 Å². The van der Waals surface area contributed by atoms with Gasteiger partial charge in [-0.1, -0.05) is 0 Å². The Hall–Kier alpha value is -1.14. The van der Waals surface area contributed by atoms with E-state index in [1.165, 1.54) is 11.3 Å². The molecule has 0 radical (unpaired) electrons. The molecule has 1 atom stereocenters. The normalized spacial score (nSPS) is 24.3. The minimum absolute atomic E-state index is 0.165. The van der Waals surface area contributed by atoms with Crippen molar-refractivity contribution >= 4 is 22.4 Å². The summed E-state index contributed by atoms with van der Waals surface area (Å²) >= 11 is 1.44. The Kier molecular flexibility index (Phi) is 3.59. The number of carbonyl (C=O) groups is 1. The molecule has 0 aliphatic carbocycles. The third-order valence-electron chi connectivity index (χ3n) is 3.41. The van der Waals surface area contributed by atoms with E-state index >= 15 is 0 Å². The van der Waals surface area contributed by atoms with Gasteiger partial charge >= 0.3 is 5.97 Å². The molecule has 0 saturated carbocycles. The van der Waals surface area contributed by atoms with Gasteiger partial charge in [0.2, 0.25) is 0 Å². The minimum Gasteiger partial charge on any atom is -0.476 e. The third-order valence-corrected chi connectivity index (χ3v) is 4.44. The number of nitrogens with zero attached hydrogens (tertiary/aromatic N) is 2. The number of ether oxygens (including phenoxy) is 1. The van der Waals surface area contributed by atoms with Crippen molar-refractivity contribution < 1.29 is 14.6 Å². The molecule has 2 heterocycles. The van der Waals surface area contributed by atoms with Crippen LogP contribution in [0.5, 0.6) is 0 Å². The summed E-state index contributed by atoms with van der Waals surface area (Å²) in [4.78, 5) is 18.1. The van der Waals surface area contributed by atoms with Crippen LogP contribution in [0.25, 0.3) is 0 Å². The summed E-state index contributed by atoms with van der Waals surface area (Å²) in [6.45, 7) is 5.54. The number of carboxylic acid groups (broad SMARTS) is 1. The van der Waals surface area contributed by atoms with Gasteiger partial charge in [-0.2, -0.15) is 0 Å². The van der Waals surface area contributed by atoms with Crippen LogP contribution in [-0.4, -0.2) is 41.9 Å². The molecule has 1 unspecified atom stereocenters. The quantitative estimate of drug-likeness (QED) is 0.912. The summed E-state index contributed by atoms with van der Waals surface area (Å²) in [5.41, 5.74) is 0.000918. The monoisotopic (exact) mass is 270 g/mol. The number of hydrogen-bond acceptors (Lipinski definition) is 5. The molecular formula is C12H18N2O3S. The van der Waals surface area contributed by atoms with Crippen LogP contribution in [0.4, 0.5) is 5.13 Å². The van der Waals surface area contributed by atoms with E-state index in [4.69, 9.17) is 9.84 Å². The van der Waals surface area contributed by atoms with E-state index in [0.717, 1.165) is 35.9 Å². The molecule has 0 spiro atoms. The highest BCUT2D eigenvalue weighted by Crippen LogP contribution is 2.31. The van der Waals surface area contributed by atoms with E-state index in [9.17, 15) is 4.79 Å². The number of methoxy groups -OCH3 is 1. The molecule has 5 nitrogen and oxygen atoms in total. The highest BCUT2D eigenvalue weighted by Gasteiger charge is 2.32. The fourth-order valence-electron chi connectivity index (χ4n) is 2.25. The third kappa shape index (κ3) is 2.49. The van der Waals surface area contributed by atoms with E-state index in [1.807, 2.05) is 0 Å². The number of aromatic carboxylic acids is 1. The van der Waals surface area contributed by atoms with Gasteiger partial charge in [-0.3, -0.25) is 0 Å². The van der Waals surface area contributed by atoms with E-state index in [1.54, 1.807) is 14.0 Å². The molecule has 1 fully saturated rings. The van der Waals surface area contributed by atoms with Crippen molar-refractivity contribution in [3.05, 3.63) is 10.6 Å². The van der Waals surface area contributed by atoms with Gasteiger partial charge in [-0.15, -0.1) is 11.3 Å². The molecule has 1 N–H and O–H groups in total. The Morgan fingerprint density at radius 2 is 2.33 bits per heavy atom. The second-order valence-corrected chi connectivity index (χ2v) is 6.07. The van der Waals surface area contributed by atoms with Crippen molar-refractivity contribution in [2.24, 2.45) is 0 Å². The molecular weight excluding hydrogens is 252 g/mol. The first-order valence-corrected chi connectivity index (χ1v) is 6.78. The van der Waals surface area contributed by atoms with Gasteiger partial charge in [0.1, 0.15) is 0 Å². The molecule has 1 aliphatic heterocycles. The second-order valence-electron chi connectivity index (χ2n) is 4.89. The average molecular weight is 270 g/mol. The lowest BCUT2D eigenvalue weighted by atomic mass is 9.95. The molecule has 0 bridgehead atoms.